The Bertz CT molecular complexity index is 1160. The van der Waals surface area contributed by atoms with Crippen LogP contribution in [0.5, 0.6) is 5.75 Å². The van der Waals surface area contributed by atoms with Crippen LogP contribution in [0.1, 0.15) is 36.3 Å². The van der Waals surface area contributed by atoms with Crippen molar-refractivity contribution < 1.29 is 4.74 Å². The number of hydrogen-bond donors (Lipinski definition) is 1. The predicted octanol–water partition coefficient (Wildman–Crippen LogP) is 4.86. The van der Waals surface area contributed by atoms with Gasteiger partial charge in [-0.1, -0.05) is 54.6 Å². The van der Waals surface area contributed by atoms with Crippen LogP contribution in [-0.2, 0) is 6.61 Å². The molecule has 2 atom stereocenters. The van der Waals surface area contributed by atoms with Crippen LogP contribution < -0.4 is 10.5 Å². The van der Waals surface area contributed by atoms with E-state index >= 15 is 0 Å². The SMILES string of the molecule is N#CC1=C(N)C(C#N)(C#N)[C@@H](c2ccccc2OCc2ccccc2)[C@@H]2CCCC=C12. The van der Waals surface area contributed by atoms with E-state index in [9.17, 15) is 15.8 Å². The van der Waals surface area contributed by atoms with Crippen LogP contribution in [0.2, 0.25) is 0 Å². The van der Waals surface area contributed by atoms with Crippen LogP contribution in [0.4, 0.5) is 0 Å². The zero-order chi connectivity index (χ0) is 21.8. The number of nitriles is 3. The highest BCUT2D eigenvalue weighted by Gasteiger charge is 2.54. The predicted molar refractivity (Wildman–Crippen MR) is 116 cm³/mol. The fourth-order valence-electron chi connectivity index (χ4n) is 4.82. The Labute approximate surface area is 182 Å². The summed E-state index contributed by atoms with van der Waals surface area (Å²) in [6.45, 7) is 0.374. The summed E-state index contributed by atoms with van der Waals surface area (Å²) in [4.78, 5) is 0. The normalized spacial score (nSPS) is 21.6. The molecule has 0 saturated heterocycles. The molecule has 152 valence electrons. The molecule has 4 rings (SSSR count). The number of allylic oxidation sites excluding steroid dienone is 4. The first-order chi connectivity index (χ1) is 15.2. The lowest BCUT2D eigenvalue weighted by Crippen LogP contribution is -2.42. The first-order valence-corrected chi connectivity index (χ1v) is 10.3. The second-order valence-electron chi connectivity index (χ2n) is 7.92. The van der Waals surface area contributed by atoms with Crippen molar-refractivity contribution in [2.45, 2.75) is 31.8 Å². The van der Waals surface area contributed by atoms with Gasteiger partial charge in [0.15, 0.2) is 5.41 Å². The van der Waals surface area contributed by atoms with E-state index in [2.05, 4.69) is 18.2 Å². The van der Waals surface area contributed by atoms with Crippen LogP contribution in [0.25, 0.3) is 0 Å². The summed E-state index contributed by atoms with van der Waals surface area (Å²) in [5.74, 6) is -0.0287. The summed E-state index contributed by atoms with van der Waals surface area (Å²) in [6.07, 6.45) is 4.62. The van der Waals surface area contributed by atoms with Crippen molar-refractivity contribution in [1.29, 1.82) is 15.8 Å². The number of nitrogens with zero attached hydrogens (tertiary/aromatic N) is 3. The monoisotopic (exact) mass is 406 g/mol. The molecule has 5 heteroatoms. The lowest BCUT2D eigenvalue weighted by molar-refractivity contribution is 0.276. The Balaban J connectivity index is 1.85. The third-order valence-corrected chi connectivity index (χ3v) is 6.29. The second kappa shape index (κ2) is 8.39. The van der Waals surface area contributed by atoms with Crippen molar-refractivity contribution in [1.82, 2.24) is 0 Å². The molecule has 0 spiro atoms. The summed E-state index contributed by atoms with van der Waals surface area (Å²) >= 11 is 0. The molecule has 2 aromatic carbocycles. The van der Waals surface area contributed by atoms with Crippen LogP contribution in [0, 0.1) is 45.3 Å². The molecule has 2 aliphatic rings. The maximum absolute atomic E-state index is 10.2. The number of rotatable bonds is 4. The van der Waals surface area contributed by atoms with Gasteiger partial charge in [0, 0.05) is 11.5 Å². The van der Waals surface area contributed by atoms with Gasteiger partial charge >= 0.3 is 0 Å². The third-order valence-electron chi connectivity index (χ3n) is 6.29. The molecule has 5 nitrogen and oxygen atoms in total. The third kappa shape index (κ3) is 3.33. The van der Waals surface area contributed by atoms with E-state index in [1.54, 1.807) is 0 Å². The first kappa shape index (κ1) is 20.3. The van der Waals surface area contributed by atoms with Gasteiger partial charge in [-0.25, -0.2) is 0 Å². The molecule has 0 heterocycles. The summed E-state index contributed by atoms with van der Waals surface area (Å²) in [5.41, 5.74) is 7.73. The van der Waals surface area contributed by atoms with Crippen molar-refractivity contribution >= 4 is 0 Å². The standard InChI is InChI=1S/C26H22N4O/c27-14-22-19-10-4-5-11-20(19)24(26(16-28,17-29)25(22)30)21-12-6-7-13-23(21)31-15-18-8-2-1-3-9-18/h1-3,6-10,12-13,20,24H,4-5,11,15,30H2/t20-,24-/m1/s1. The Kier molecular flexibility index (Phi) is 5.48. The lowest BCUT2D eigenvalue weighted by Gasteiger charge is -2.43. The Morgan fingerprint density at radius 2 is 1.71 bits per heavy atom. The van der Waals surface area contributed by atoms with Crippen LogP contribution in [0.15, 0.2) is 77.5 Å². The molecule has 0 saturated carbocycles. The maximum Gasteiger partial charge on any atom is 0.191 e. The minimum absolute atomic E-state index is 0.0484. The average molecular weight is 406 g/mol. The zero-order valence-corrected chi connectivity index (χ0v) is 17.1. The number of benzene rings is 2. The molecule has 0 aromatic heterocycles. The van der Waals surface area contributed by atoms with Crippen molar-refractivity contribution in [3.05, 3.63) is 88.6 Å². The molecule has 0 unspecified atom stereocenters. The van der Waals surface area contributed by atoms with E-state index in [0.717, 1.165) is 36.0 Å². The summed E-state index contributed by atoms with van der Waals surface area (Å²) < 4.78 is 6.17. The Hall–Kier alpha value is -4.01. The summed E-state index contributed by atoms with van der Waals surface area (Å²) in [7, 11) is 0. The summed E-state index contributed by atoms with van der Waals surface area (Å²) in [6, 6.07) is 23.9. The highest BCUT2D eigenvalue weighted by atomic mass is 16.5. The van der Waals surface area contributed by atoms with Gasteiger partial charge in [0.2, 0.25) is 0 Å². The largest absolute Gasteiger partial charge is 0.489 e. The van der Waals surface area contributed by atoms with E-state index in [1.165, 1.54) is 0 Å². The van der Waals surface area contributed by atoms with Crippen molar-refractivity contribution in [2.24, 2.45) is 17.1 Å². The maximum atomic E-state index is 10.2. The van der Waals surface area contributed by atoms with Gasteiger partial charge in [-0.05, 0) is 42.4 Å². The fourth-order valence-corrected chi connectivity index (χ4v) is 4.82. The molecule has 0 fully saturated rings. The van der Waals surface area contributed by atoms with Crippen molar-refractivity contribution in [3.63, 3.8) is 0 Å². The molecular formula is C26H22N4O. The molecule has 0 aliphatic heterocycles. The van der Waals surface area contributed by atoms with Gasteiger partial charge in [0.1, 0.15) is 18.4 Å². The molecular weight excluding hydrogens is 384 g/mol. The minimum atomic E-state index is -1.63. The van der Waals surface area contributed by atoms with E-state index in [4.69, 9.17) is 10.5 Å². The van der Waals surface area contributed by atoms with E-state index in [0.29, 0.717) is 12.4 Å². The minimum Gasteiger partial charge on any atom is -0.489 e. The van der Waals surface area contributed by atoms with Crippen LogP contribution in [0.3, 0.4) is 0 Å². The number of para-hydroxylation sites is 1. The smallest absolute Gasteiger partial charge is 0.191 e. The van der Waals surface area contributed by atoms with Gasteiger partial charge in [-0.3, -0.25) is 0 Å². The van der Waals surface area contributed by atoms with Gasteiger partial charge in [0.25, 0.3) is 0 Å². The van der Waals surface area contributed by atoms with Gasteiger partial charge in [0.05, 0.1) is 23.4 Å². The van der Waals surface area contributed by atoms with Gasteiger partial charge < -0.3 is 10.5 Å². The van der Waals surface area contributed by atoms with Crippen LogP contribution >= 0.6 is 0 Å². The average Bonchev–Trinajstić information content (AvgIpc) is 2.83. The molecule has 2 aliphatic carbocycles. The van der Waals surface area contributed by atoms with Gasteiger partial charge in [-0.15, -0.1) is 0 Å². The highest BCUT2D eigenvalue weighted by Crippen LogP contribution is 2.57. The van der Waals surface area contributed by atoms with E-state index in [-0.39, 0.29) is 17.2 Å². The number of hydrogen-bond acceptors (Lipinski definition) is 5. The molecule has 0 amide bonds. The molecule has 0 radical (unpaired) electrons. The Morgan fingerprint density at radius 1 is 1.00 bits per heavy atom. The van der Waals surface area contributed by atoms with Crippen LogP contribution in [-0.4, -0.2) is 0 Å². The lowest BCUT2D eigenvalue weighted by atomic mass is 9.56. The first-order valence-electron chi connectivity index (χ1n) is 10.3. The quantitative estimate of drug-likeness (QED) is 0.780. The molecule has 2 aromatic rings. The molecule has 0 bridgehead atoms. The van der Waals surface area contributed by atoms with Gasteiger partial charge in [-0.2, -0.15) is 15.8 Å². The Morgan fingerprint density at radius 3 is 2.42 bits per heavy atom. The van der Waals surface area contributed by atoms with E-state index < -0.39 is 11.3 Å². The van der Waals surface area contributed by atoms with Crippen molar-refractivity contribution in [3.8, 4) is 24.0 Å². The fraction of sp³-hybridized carbons (Fsp3) is 0.269. The molecule has 31 heavy (non-hydrogen) atoms. The second-order valence-corrected chi connectivity index (χ2v) is 7.92. The number of ether oxygens (including phenoxy) is 1. The molecule has 2 N–H and O–H groups in total. The zero-order valence-electron chi connectivity index (χ0n) is 17.1. The number of nitrogens with two attached hydrogens (primary N) is 1. The van der Waals surface area contributed by atoms with Crippen molar-refractivity contribution in [2.75, 3.05) is 0 Å². The topological polar surface area (TPSA) is 107 Å². The highest BCUT2D eigenvalue weighted by molar-refractivity contribution is 5.60. The number of fused-ring (bicyclic) bond motifs is 1. The summed E-state index contributed by atoms with van der Waals surface area (Å²) in [5, 5.41) is 30.2. The van der Waals surface area contributed by atoms with E-state index in [1.807, 2.05) is 60.7 Å².